The number of hydrogen-bond donors (Lipinski definition) is 1. The number of halogens is 1. The SMILES string of the molecule is Cc1cc(NC(C)Cn2ccnc2)c([N+](=O)[O-])cc1F. The molecule has 0 aliphatic heterocycles. The van der Waals surface area contributed by atoms with E-state index in [1.54, 1.807) is 19.4 Å². The second-order valence-electron chi connectivity index (χ2n) is 4.68. The average Bonchev–Trinajstić information content (AvgIpc) is 2.85. The molecule has 0 aliphatic carbocycles. The van der Waals surface area contributed by atoms with Crippen molar-refractivity contribution in [2.45, 2.75) is 26.4 Å². The van der Waals surface area contributed by atoms with Gasteiger partial charge in [0.2, 0.25) is 0 Å². The highest BCUT2D eigenvalue weighted by Gasteiger charge is 2.18. The van der Waals surface area contributed by atoms with Crippen LogP contribution >= 0.6 is 0 Å². The number of nitrogens with zero attached hydrogens (tertiary/aromatic N) is 3. The fraction of sp³-hybridized carbons (Fsp3) is 0.308. The van der Waals surface area contributed by atoms with Gasteiger partial charge >= 0.3 is 0 Å². The van der Waals surface area contributed by atoms with Gasteiger partial charge in [-0.05, 0) is 25.5 Å². The highest BCUT2D eigenvalue weighted by Crippen LogP contribution is 2.28. The highest BCUT2D eigenvalue weighted by atomic mass is 19.1. The summed E-state index contributed by atoms with van der Waals surface area (Å²) >= 11 is 0. The average molecular weight is 278 g/mol. The Hall–Kier alpha value is -2.44. The van der Waals surface area contributed by atoms with Gasteiger partial charge in [-0.15, -0.1) is 0 Å². The molecule has 1 heterocycles. The van der Waals surface area contributed by atoms with E-state index in [0.29, 0.717) is 17.8 Å². The van der Waals surface area contributed by atoms with E-state index in [4.69, 9.17) is 0 Å². The molecule has 1 N–H and O–H groups in total. The van der Waals surface area contributed by atoms with Gasteiger partial charge in [0, 0.05) is 25.0 Å². The van der Waals surface area contributed by atoms with Crippen molar-refractivity contribution in [3.05, 3.63) is 52.3 Å². The first-order valence-electron chi connectivity index (χ1n) is 6.14. The molecule has 0 amide bonds. The molecule has 1 aromatic carbocycles. The third kappa shape index (κ3) is 3.11. The smallest absolute Gasteiger partial charge is 0.295 e. The molecular weight excluding hydrogens is 263 g/mol. The predicted molar refractivity (Wildman–Crippen MR) is 73.1 cm³/mol. The van der Waals surface area contributed by atoms with Crippen molar-refractivity contribution in [2.75, 3.05) is 5.32 Å². The molecule has 6 nitrogen and oxygen atoms in total. The van der Waals surface area contributed by atoms with Crippen LogP contribution in [0.25, 0.3) is 0 Å². The molecule has 0 radical (unpaired) electrons. The Morgan fingerprint density at radius 2 is 2.30 bits per heavy atom. The number of aryl methyl sites for hydroxylation is 1. The summed E-state index contributed by atoms with van der Waals surface area (Å²) in [5.41, 5.74) is 0.431. The predicted octanol–water partition coefficient (Wildman–Crippen LogP) is 2.74. The van der Waals surface area contributed by atoms with Crippen LogP contribution in [0.5, 0.6) is 0 Å². The van der Waals surface area contributed by atoms with Gasteiger partial charge in [-0.2, -0.15) is 0 Å². The van der Waals surface area contributed by atoms with Crippen molar-refractivity contribution in [2.24, 2.45) is 0 Å². The van der Waals surface area contributed by atoms with Crippen LogP contribution in [0.3, 0.4) is 0 Å². The van der Waals surface area contributed by atoms with Crippen molar-refractivity contribution >= 4 is 11.4 Å². The van der Waals surface area contributed by atoms with Crippen LogP contribution in [0.2, 0.25) is 0 Å². The summed E-state index contributed by atoms with van der Waals surface area (Å²) in [6.45, 7) is 4.07. The van der Waals surface area contributed by atoms with Crippen LogP contribution in [0.4, 0.5) is 15.8 Å². The lowest BCUT2D eigenvalue weighted by atomic mass is 10.1. The summed E-state index contributed by atoms with van der Waals surface area (Å²) in [6.07, 6.45) is 5.14. The zero-order chi connectivity index (χ0) is 14.7. The zero-order valence-electron chi connectivity index (χ0n) is 11.2. The van der Waals surface area contributed by atoms with Gasteiger partial charge in [0.05, 0.1) is 17.3 Å². The first-order chi connectivity index (χ1) is 9.47. The molecule has 0 saturated carbocycles. The lowest BCUT2D eigenvalue weighted by Gasteiger charge is -2.16. The molecule has 0 aliphatic rings. The maximum Gasteiger partial charge on any atom is 0.295 e. The van der Waals surface area contributed by atoms with Crippen molar-refractivity contribution in [3.63, 3.8) is 0 Å². The van der Waals surface area contributed by atoms with E-state index in [1.807, 2.05) is 17.7 Å². The largest absolute Gasteiger partial charge is 0.375 e. The molecule has 0 saturated heterocycles. The van der Waals surface area contributed by atoms with Crippen LogP contribution in [0, 0.1) is 22.9 Å². The lowest BCUT2D eigenvalue weighted by molar-refractivity contribution is -0.384. The van der Waals surface area contributed by atoms with E-state index in [9.17, 15) is 14.5 Å². The summed E-state index contributed by atoms with van der Waals surface area (Å²) in [4.78, 5) is 14.3. The minimum Gasteiger partial charge on any atom is -0.375 e. The molecule has 1 unspecified atom stereocenters. The molecule has 106 valence electrons. The molecule has 2 aromatic rings. The van der Waals surface area contributed by atoms with Gasteiger partial charge in [-0.3, -0.25) is 10.1 Å². The van der Waals surface area contributed by atoms with Crippen LogP contribution < -0.4 is 5.32 Å². The Labute approximate surface area is 115 Å². The molecule has 1 aromatic heterocycles. The summed E-state index contributed by atoms with van der Waals surface area (Å²) in [5.74, 6) is -0.579. The summed E-state index contributed by atoms with van der Waals surface area (Å²) in [7, 11) is 0. The Balaban J connectivity index is 2.19. The number of nitrogens with one attached hydrogen (secondary N) is 1. The van der Waals surface area contributed by atoms with Gasteiger partial charge in [0.1, 0.15) is 11.5 Å². The van der Waals surface area contributed by atoms with Gasteiger partial charge in [0.25, 0.3) is 5.69 Å². The van der Waals surface area contributed by atoms with Gasteiger partial charge in [-0.25, -0.2) is 9.37 Å². The molecule has 1 atom stereocenters. The Morgan fingerprint density at radius 1 is 1.55 bits per heavy atom. The Kier molecular flexibility index (Phi) is 3.97. The van der Waals surface area contributed by atoms with Crippen molar-refractivity contribution in [1.82, 2.24) is 9.55 Å². The van der Waals surface area contributed by atoms with Crippen molar-refractivity contribution in [3.8, 4) is 0 Å². The summed E-state index contributed by atoms with van der Waals surface area (Å²) < 4.78 is 15.3. The molecular formula is C13H15FN4O2. The minimum absolute atomic E-state index is 0.0623. The van der Waals surface area contributed by atoms with Crippen molar-refractivity contribution in [1.29, 1.82) is 0 Å². The van der Waals surface area contributed by atoms with Gasteiger partial charge < -0.3 is 9.88 Å². The first kappa shape index (κ1) is 14.0. The topological polar surface area (TPSA) is 73.0 Å². The number of benzene rings is 1. The molecule has 0 spiro atoms. The first-order valence-corrected chi connectivity index (χ1v) is 6.14. The maximum absolute atomic E-state index is 13.4. The quantitative estimate of drug-likeness (QED) is 0.674. The number of nitro groups is 1. The lowest BCUT2D eigenvalue weighted by Crippen LogP contribution is -2.22. The standard InChI is InChI=1S/C13H15FN4O2/c1-9-5-12(13(18(19)20)6-11(9)14)16-10(2)7-17-4-3-15-8-17/h3-6,8,10,16H,7H2,1-2H3. The highest BCUT2D eigenvalue weighted by molar-refractivity contribution is 5.63. The number of nitro benzene ring substituents is 1. The summed E-state index contributed by atoms with van der Waals surface area (Å²) in [5, 5.41) is 14.0. The molecule has 0 fully saturated rings. The number of imidazole rings is 1. The monoisotopic (exact) mass is 278 g/mol. The molecule has 20 heavy (non-hydrogen) atoms. The van der Waals surface area contributed by atoms with E-state index >= 15 is 0 Å². The van der Waals surface area contributed by atoms with Crippen molar-refractivity contribution < 1.29 is 9.31 Å². The third-order valence-corrected chi connectivity index (χ3v) is 2.92. The fourth-order valence-electron chi connectivity index (χ4n) is 1.96. The third-order valence-electron chi connectivity index (χ3n) is 2.92. The van der Waals surface area contributed by atoms with E-state index in [1.165, 1.54) is 6.07 Å². The number of anilines is 1. The fourth-order valence-corrected chi connectivity index (χ4v) is 1.96. The molecule has 2 rings (SSSR count). The normalized spacial score (nSPS) is 12.2. The van der Waals surface area contributed by atoms with E-state index in [0.717, 1.165) is 6.07 Å². The van der Waals surface area contributed by atoms with Gasteiger partial charge in [0.15, 0.2) is 0 Å². The molecule has 7 heteroatoms. The molecule has 0 bridgehead atoms. The van der Waals surface area contributed by atoms with E-state index in [2.05, 4.69) is 10.3 Å². The van der Waals surface area contributed by atoms with E-state index < -0.39 is 10.7 Å². The zero-order valence-corrected chi connectivity index (χ0v) is 11.2. The van der Waals surface area contributed by atoms with Crippen LogP contribution in [-0.2, 0) is 6.54 Å². The Morgan fingerprint density at radius 3 is 2.90 bits per heavy atom. The van der Waals surface area contributed by atoms with Crippen LogP contribution in [0.1, 0.15) is 12.5 Å². The second kappa shape index (κ2) is 5.68. The number of hydrogen-bond acceptors (Lipinski definition) is 4. The maximum atomic E-state index is 13.4. The van der Waals surface area contributed by atoms with Crippen LogP contribution in [-0.4, -0.2) is 20.5 Å². The second-order valence-corrected chi connectivity index (χ2v) is 4.68. The number of aromatic nitrogens is 2. The van der Waals surface area contributed by atoms with Crippen LogP contribution in [0.15, 0.2) is 30.9 Å². The Bertz CT molecular complexity index is 613. The summed E-state index contributed by atoms with van der Waals surface area (Å²) in [6, 6.07) is 2.34. The van der Waals surface area contributed by atoms with Gasteiger partial charge in [-0.1, -0.05) is 0 Å². The van der Waals surface area contributed by atoms with E-state index in [-0.39, 0.29) is 11.7 Å². The minimum atomic E-state index is -0.589. The number of rotatable bonds is 5.